The molecular formula is C23H19N3O3. The maximum Gasteiger partial charge on any atom is 0.262 e. The van der Waals surface area contributed by atoms with Crippen molar-refractivity contribution in [1.29, 1.82) is 0 Å². The van der Waals surface area contributed by atoms with Crippen LogP contribution in [0, 0.1) is 6.92 Å². The van der Waals surface area contributed by atoms with Gasteiger partial charge in [0, 0.05) is 16.8 Å². The molecule has 0 aliphatic carbocycles. The van der Waals surface area contributed by atoms with Gasteiger partial charge in [-0.3, -0.25) is 4.79 Å². The molecule has 0 atom stereocenters. The summed E-state index contributed by atoms with van der Waals surface area (Å²) in [7, 11) is 0. The summed E-state index contributed by atoms with van der Waals surface area (Å²) in [6.45, 7) is 1.87. The molecule has 144 valence electrons. The number of rotatable bonds is 6. The largest absolute Gasteiger partial charge is 0.484 e. The summed E-state index contributed by atoms with van der Waals surface area (Å²) in [5.41, 5.74) is 3.41. The van der Waals surface area contributed by atoms with E-state index in [9.17, 15) is 4.79 Å². The van der Waals surface area contributed by atoms with Crippen molar-refractivity contribution in [2.24, 2.45) is 0 Å². The molecular weight excluding hydrogens is 366 g/mol. The van der Waals surface area contributed by atoms with Crippen molar-refractivity contribution >= 4 is 11.6 Å². The second-order valence-electron chi connectivity index (χ2n) is 6.52. The minimum Gasteiger partial charge on any atom is -0.484 e. The molecule has 0 aliphatic rings. The average molecular weight is 385 g/mol. The molecule has 6 heteroatoms. The molecule has 4 rings (SSSR count). The van der Waals surface area contributed by atoms with E-state index in [2.05, 4.69) is 15.5 Å². The Morgan fingerprint density at radius 2 is 1.76 bits per heavy atom. The van der Waals surface area contributed by atoms with E-state index in [1.165, 1.54) is 0 Å². The number of nitrogens with zero attached hydrogens (tertiary/aromatic N) is 2. The first kappa shape index (κ1) is 18.4. The number of anilines is 1. The lowest BCUT2D eigenvalue weighted by Crippen LogP contribution is -2.20. The van der Waals surface area contributed by atoms with E-state index in [1.807, 2.05) is 73.7 Å². The number of carbonyl (C=O) groups is 1. The minimum atomic E-state index is -0.231. The van der Waals surface area contributed by atoms with Gasteiger partial charge in [0.05, 0.1) is 0 Å². The number of aromatic nitrogens is 2. The Bertz CT molecular complexity index is 1120. The van der Waals surface area contributed by atoms with Gasteiger partial charge in [-0.05, 0) is 42.8 Å². The van der Waals surface area contributed by atoms with E-state index in [1.54, 1.807) is 12.1 Å². The number of carbonyl (C=O) groups excluding carboxylic acids is 1. The molecule has 0 aliphatic heterocycles. The summed E-state index contributed by atoms with van der Waals surface area (Å²) in [4.78, 5) is 16.6. The standard InChI is InChI=1S/C23H19N3O3/c1-16-7-5-11-19(13-16)24-21(27)15-28-20-12-6-10-18(14-20)23-25-22(26-29-23)17-8-3-2-4-9-17/h2-14H,15H2,1H3,(H,24,27). The van der Waals surface area contributed by atoms with Crippen molar-refractivity contribution in [3.63, 3.8) is 0 Å². The smallest absolute Gasteiger partial charge is 0.262 e. The number of ether oxygens (including phenoxy) is 1. The normalized spacial score (nSPS) is 10.5. The van der Waals surface area contributed by atoms with Crippen molar-refractivity contribution in [3.8, 4) is 28.6 Å². The third kappa shape index (κ3) is 4.68. The fraction of sp³-hybridized carbons (Fsp3) is 0.0870. The number of aryl methyl sites for hydroxylation is 1. The van der Waals surface area contributed by atoms with Crippen LogP contribution >= 0.6 is 0 Å². The van der Waals surface area contributed by atoms with E-state index in [0.717, 1.165) is 22.4 Å². The predicted octanol–water partition coefficient (Wildman–Crippen LogP) is 4.73. The highest BCUT2D eigenvalue weighted by Crippen LogP contribution is 2.25. The zero-order valence-corrected chi connectivity index (χ0v) is 15.8. The Morgan fingerprint density at radius 1 is 0.966 bits per heavy atom. The van der Waals surface area contributed by atoms with E-state index in [4.69, 9.17) is 9.26 Å². The maximum atomic E-state index is 12.1. The summed E-state index contributed by atoms with van der Waals surface area (Å²) in [5, 5.41) is 6.85. The summed E-state index contributed by atoms with van der Waals surface area (Å²) in [6.07, 6.45) is 0. The fourth-order valence-corrected chi connectivity index (χ4v) is 2.83. The van der Waals surface area contributed by atoms with E-state index in [-0.39, 0.29) is 12.5 Å². The predicted molar refractivity (Wildman–Crippen MR) is 110 cm³/mol. The molecule has 0 fully saturated rings. The minimum absolute atomic E-state index is 0.101. The molecule has 0 saturated heterocycles. The molecule has 29 heavy (non-hydrogen) atoms. The van der Waals surface area contributed by atoms with Crippen LogP contribution in [0.2, 0.25) is 0 Å². The van der Waals surface area contributed by atoms with Crippen LogP contribution in [0.1, 0.15) is 5.56 Å². The molecule has 1 heterocycles. The maximum absolute atomic E-state index is 12.1. The molecule has 6 nitrogen and oxygen atoms in total. The SMILES string of the molecule is Cc1cccc(NC(=O)COc2cccc(-c3nc(-c4ccccc4)no3)c2)c1. The van der Waals surface area contributed by atoms with Crippen molar-refractivity contribution in [3.05, 3.63) is 84.4 Å². The van der Waals surface area contributed by atoms with Crippen LogP contribution in [0.5, 0.6) is 5.75 Å². The highest BCUT2D eigenvalue weighted by atomic mass is 16.5. The van der Waals surface area contributed by atoms with Crippen LogP contribution in [0.15, 0.2) is 83.4 Å². The van der Waals surface area contributed by atoms with E-state index < -0.39 is 0 Å². The highest BCUT2D eigenvalue weighted by molar-refractivity contribution is 5.91. The number of benzene rings is 3. The lowest BCUT2D eigenvalue weighted by atomic mass is 10.2. The topological polar surface area (TPSA) is 77.2 Å². The molecule has 3 aromatic carbocycles. The van der Waals surface area contributed by atoms with Crippen LogP contribution in [-0.4, -0.2) is 22.7 Å². The van der Waals surface area contributed by atoms with Crippen LogP contribution in [0.4, 0.5) is 5.69 Å². The third-order valence-corrected chi connectivity index (χ3v) is 4.21. The van der Waals surface area contributed by atoms with Crippen LogP contribution in [-0.2, 0) is 4.79 Å². The second kappa shape index (κ2) is 8.39. The Labute approximate surface area is 168 Å². The molecule has 0 spiro atoms. The Kier molecular flexibility index (Phi) is 5.33. The van der Waals surface area contributed by atoms with Gasteiger partial charge in [0.1, 0.15) is 5.75 Å². The Morgan fingerprint density at radius 3 is 2.59 bits per heavy atom. The van der Waals surface area contributed by atoms with Gasteiger partial charge in [0.25, 0.3) is 11.8 Å². The summed E-state index contributed by atoms with van der Waals surface area (Å²) in [5.74, 6) is 1.22. The van der Waals surface area contributed by atoms with Crippen molar-refractivity contribution in [1.82, 2.24) is 10.1 Å². The summed E-state index contributed by atoms with van der Waals surface area (Å²) >= 11 is 0. The third-order valence-electron chi connectivity index (χ3n) is 4.21. The molecule has 1 aromatic heterocycles. The molecule has 4 aromatic rings. The molecule has 0 unspecified atom stereocenters. The number of amides is 1. The molecule has 0 bridgehead atoms. The molecule has 1 amide bonds. The van der Waals surface area contributed by atoms with Crippen molar-refractivity contribution in [2.45, 2.75) is 6.92 Å². The second-order valence-corrected chi connectivity index (χ2v) is 6.52. The highest BCUT2D eigenvalue weighted by Gasteiger charge is 2.11. The van der Waals surface area contributed by atoms with Crippen LogP contribution in [0.3, 0.4) is 0 Å². The number of hydrogen-bond acceptors (Lipinski definition) is 5. The van der Waals surface area contributed by atoms with Crippen molar-refractivity contribution in [2.75, 3.05) is 11.9 Å². The monoisotopic (exact) mass is 385 g/mol. The van der Waals surface area contributed by atoms with Gasteiger partial charge in [-0.25, -0.2) is 0 Å². The van der Waals surface area contributed by atoms with Gasteiger partial charge in [0.15, 0.2) is 6.61 Å². The number of hydrogen-bond donors (Lipinski definition) is 1. The summed E-state index contributed by atoms with van der Waals surface area (Å²) < 4.78 is 11.0. The summed E-state index contributed by atoms with van der Waals surface area (Å²) in [6, 6.07) is 24.4. The molecule has 1 N–H and O–H groups in total. The number of nitrogens with one attached hydrogen (secondary N) is 1. The zero-order valence-electron chi connectivity index (χ0n) is 15.8. The van der Waals surface area contributed by atoms with E-state index in [0.29, 0.717) is 17.5 Å². The lowest BCUT2D eigenvalue weighted by molar-refractivity contribution is -0.118. The first-order chi connectivity index (χ1) is 14.2. The average Bonchev–Trinajstić information content (AvgIpc) is 3.24. The van der Waals surface area contributed by atoms with Gasteiger partial charge in [0.2, 0.25) is 5.82 Å². The van der Waals surface area contributed by atoms with E-state index >= 15 is 0 Å². The Hall–Kier alpha value is -3.93. The van der Waals surface area contributed by atoms with Crippen molar-refractivity contribution < 1.29 is 14.1 Å². The van der Waals surface area contributed by atoms with Crippen LogP contribution in [0.25, 0.3) is 22.8 Å². The quantitative estimate of drug-likeness (QED) is 0.519. The van der Waals surface area contributed by atoms with Gasteiger partial charge < -0.3 is 14.6 Å². The molecule has 0 saturated carbocycles. The van der Waals surface area contributed by atoms with Gasteiger partial charge in [-0.15, -0.1) is 0 Å². The van der Waals surface area contributed by atoms with Gasteiger partial charge >= 0.3 is 0 Å². The first-order valence-electron chi connectivity index (χ1n) is 9.16. The molecule has 0 radical (unpaired) electrons. The lowest BCUT2D eigenvalue weighted by Gasteiger charge is -2.08. The van der Waals surface area contributed by atoms with Gasteiger partial charge in [-0.1, -0.05) is 53.7 Å². The zero-order chi connectivity index (χ0) is 20.1. The Balaban J connectivity index is 1.41. The van der Waals surface area contributed by atoms with Gasteiger partial charge in [-0.2, -0.15) is 4.98 Å². The van der Waals surface area contributed by atoms with Crippen LogP contribution < -0.4 is 10.1 Å². The fourth-order valence-electron chi connectivity index (χ4n) is 2.83. The first-order valence-corrected chi connectivity index (χ1v) is 9.16.